The van der Waals surface area contributed by atoms with Gasteiger partial charge in [-0.25, -0.2) is 0 Å². The van der Waals surface area contributed by atoms with E-state index in [-0.39, 0.29) is 0 Å². The van der Waals surface area contributed by atoms with Gasteiger partial charge in [0.2, 0.25) is 0 Å². The Morgan fingerprint density at radius 1 is 1.07 bits per heavy atom. The molecule has 3 saturated carbocycles. The molecule has 4 atom stereocenters. The number of hydrogen-bond acceptors (Lipinski definition) is 1. The number of nitrogens with one attached hydrogen (secondary N) is 1. The monoisotopic (exact) mass is 193 g/mol. The fraction of sp³-hybridized carbons (Fsp3) is 1.00. The summed E-state index contributed by atoms with van der Waals surface area (Å²) in [6.45, 7) is 2.35. The molecule has 0 heterocycles. The molecule has 4 unspecified atom stereocenters. The summed E-state index contributed by atoms with van der Waals surface area (Å²) in [5.41, 5.74) is 0. The van der Waals surface area contributed by atoms with Crippen LogP contribution >= 0.6 is 0 Å². The first-order valence-electron chi connectivity index (χ1n) is 6.64. The third-order valence-electron chi connectivity index (χ3n) is 4.95. The maximum absolute atomic E-state index is 3.92. The lowest BCUT2D eigenvalue weighted by molar-refractivity contribution is 0.445. The van der Waals surface area contributed by atoms with Crippen LogP contribution in [0.25, 0.3) is 0 Å². The van der Waals surface area contributed by atoms with Crippen molar-refractivity contribution in [2.45, 2.75) is 64.0 Å². The molecule has 3 fully saturated rings. The van der Waals surface area contributed by atoms with Crippen LogP contribution in [0.2, 0.25) is 0 Å². The van der Waals surface area contributed by atoms with Gasteiger partial charge in [-0.3, -0.25) is 0 Å². The molecule has 0 amide bonds. The Morgan fingerprint density at radius 3 is 2.50 bits per heavy atom. The van der Waals surface area contributed by atoms with E-state index >= 15 is 0 Å². The zero-order valence-electron chi connectivity index (χ0n) is 9.34. The van der Waals surface area contributed by atoms with Crippen LogP contribution in [0.5, 0.6) is 0 Å². The van der Waals surface area contributed by atoms with Crippen molar-refractivity contribution in [3.63, 3.8) is 0 Å². The maximum Gasteiger partial charge on any atom is 0.0133 e. The molecule has 3 aliphatic rings. The molecule has 0 aromatic heterocycles. The Labute approximate surface area is 87.7 Å². The predicted molar refractivity (Wildman–Crippen MR) is 59.2 cm³/mol. The first-order valence-corrected chi connectivity index (χ1v) is 6.64. The minimum Gasteiger partial charge on any atom is -0.311 e. The first-order chi connectivity index (χ1) is 6.88. The van der Waals surface area contributed by atoms with Crippen molar-refractivity contribution < 1.29 is 0 Å². The lowest BCUT2D eigenvalue weighted by atomic mass is 10.1. The standard InChI is InChI=1S/C13H23N/c1-2-9-6-7-10(8-9)14-13-11-4-3-5-12(11)13/h9-14H,2-8H2,1H3. The molecule has 0 radical (unpaired) electrons. The van der Waals surface area contributed by atoms with Crippen LogP contribution in [-0.2, 0) is 0 Å². The van der Waals surface area contributed by atoms with Gasteiger partial charge in [-0.15, -0.1) is 0 Å². The lowest BCUT2D eigenvalue weighted by Gasteiger charge is -2.14. The Bertz CT molecular complexity index is 203. The second kappa shape index (κ2) is 3.52. The van der Waals surface area contributed by atoms with E-state index < -0.39 is 0 Å². The smallest absolute Gasteiger partial charge is 0.0133 e. The van der Waals surface area contributed by atoms with Crippen molar-refractivity contribution in [1.82, 2.24) is 5.32 Å². The van der Waals surface area contributed by atoms with Gasteiger partial charge >= 0.3 is 0 Å². The highest BCUT2D eigenvalue weighted by Gasteiger charge is 2.53. The molecule has 0 bridgehead atoms. The van der Waals surface area contributed by atoms with E-state index in [9.17, 15) is 0 Å². The van der Waals surface area contributed by atoms with Gasteiger partial charge in [-0.1, -0.05) is 19.8 Å². The van der Waals surface area contributed by atoms with E-state index in [0.717, 1.165) is 29.8 Å². The highest BCUT2D eigenvalue weighted by molar-refractivity contribution is 5.07. The second-order valence-electron chi connectivity index (χ2n) is 5.74. The van der Waals surface area contributed by atoms with Gasteiger partial charge < -0.3 is 5.32 Å². The third kappa shape index (κ3) is 1.50. The summed E-state index contributed by atoms with van der Waals surface area (Å²) < 4.78 is 0. The van der Waals surface area contributed by atoms with Crippen molar-refractivity contribution in [2.24, 2.45) is 17.8 Å². The Kier molecular flexibility index (Phi) is 2.31. The van der Waals surface area contributed by atoms with Crippen LogP contribution in [0, 0.1) is 17.8 Å². The van der Waals surface area contributed by atoms with Gasteiger partial charge in [0.25, 0.3) is 0 Å². The summed E-state index contributed by atoms with van der Waals surface area (Å²) >= 11 is 0. The van der Waals surface area contributed by atoms with E-state index in [2.05, 4.69) is 12.2 Å². The van der Waals surface area contributed by atoms with Crippen LogP contribution in [0.4, 0.5) is 0 Å². The molecule has 0 aromatic carbocycles. The van der Waals surface area contributed by atoms with Gasteiger partial charge in [0.1, 0.15) is 0 Å². The number of rotatable bonds is 3. The zero-order chi connectivity index (χ0) is 9.54. The summed E-state index contributed by atoms with van der Waals surface area (Å²) in [5.74, 6) is 3.22. The van der Waals surface area contributed by atoms with E-state index in [1.165, 1.54) is 44.9 Å². The molecule has 1 N–H and O–H groups in total. The van der Waals surface area contributed by atoms with Crippen LogP contribution in [0.3, 0.4) is 0 Å². The fourth-order valence-electron chi connectivity index (χ4n) is 3.94. The zero-order valence-corrected chi connectivity index (χ0v) is 9.34. The summed E-state index contributed by atoms with van der Waals surface area (Å²) in [6, 6.07) is 1.83. The summed E-state index contributed by atoms with van der Waals surface area (Å²) in [5, 5.41) is 3.92. The largest absolute Gasteiger partial charge is 0.311 e. The van der Waals surface area contributed by atoms with Gasteiger partial charge in [-0.05, 0) is 49.9 Å². The first kappa shape index (κ1) is 9.21. The average Bonchev–Trinajstić information content (AvgIpc) is 2.64. The minimum absolute atomic E-state index is 0.885. The van der Waals surface area contributed by atoms with Gasteiger partial charge in [-0.2, -0.15) is 0 Å². The molecule has 1 nitrogen and oxygen atoms in total. The maximum atomic E-state index is 3.92. The van der Waals surface area contributed by atoms with Crippen LogP contribution in [0.1, 0.15) is 51.9 Å². The van der Waals surface area contributed by atoms with Crippen molar-refractivity contribution in [2.75, 3.05) is 0 Å². The molecular formula is C13H23N. The Hall–Kier alpha value is -0.0400. The molecule has 3 aliphatic carbocycles. The molecule has 0 spiro atoms. The molecule has 14 heavy (non-hydrogen) atoms. The third-order valence-corrected chi connectivity index (χ3v) is 4.95. The molecule has 0 aliphatic heterocycles. The second-order valence-corrected chi connectivity index (χ2v) is 5.74. The van der Waals surface area contributed by atoms with E-state index in [4.69, 9.17) is 0 Å². The van der Waals surface area contributed by atoms with Crippen LogP contribution in [0.15, 0.2) is 0 Å². The fourth-order valence-corrected chi connectivity index (χ4v) is 3.94. The Morgan fingerprint density at radius 2 is 1.86 bits per heavy atom. The number of fused-ring (bicyclic) bond motifs is 1. The van der Waals surface area contributed by atoms with Crippen LogP contribution in [-0.4, -0.2) is 12.1 Å². The molecule has 80 valence electrons. The quantitative estimate of drug-likeness (QED) is 0.726. The van der Waals surface area contributed by atoms with E-state index in [0.29, 0.717) is 0 Å². The molecule has 0 aromatic rings. The van der Waals surface area contributed by atoms with Gasteiger partial charge in [0, 0.05) is 12.1 Å². The van der Waals surface area contributed by atoms with Crippen molar-refractivity contribution in [1.29, 1.82) is 0 Å². The summed E-state index contributed by atoms with van der Waals surface area (Å²) in [6.07, 6.45) is 10.3. The molecule has 0 saturated heterocycles. The summed E-state index contributed by atoms with van der Waals surface area (Å²) in [4.78, 5) is 0. The molecule has 3 rings (SSSR count). The molecular weight excluding hydrogens is 170 g/mol. The van der Waals surface area contributed by atoms with Crippen molar-refractivity contribution in [3.8, 4) is 0 Å². The van der Waals surface area contributed by atoms with E-state index in [1.807, 2.05) is 0 Å². The topological polar surface area (TPSA) is 12.0 Å². The highest BCUT2D eigenvalue weighted by atomic mass is 15.0. The van der Waals surface area contributed by atoms with Gasteiger partial charge in [0.15, 0.2) is 0 Å². The van der Waals surface area contributed by atoms with Crippen molar-refractivity contribution in [3.05, 3.63) is 0 Å². The van der Waals surface area contributed by atoms with Crippen molar-refractivity contribution >= 4 is 0 Å². The lowest BCUT2D eigenvalue weighted by Crippen LogP contribution is -2.31. The predicted octanol–water partition coefficient (Wildman–Crippen LogP) is 2.95. The number of hydrogen-bond donors (Lipinski definition) is 1. The summed E-state index contributed by atoms with van der Waals surface area (Å²) in [7, 11) is 0. The Balaban J connectivity index is 1.46. The van der Waals surface area contributed by atoms with E-state index in [1.54, 1.807) is 0 Å². The SMILES string of the molecule is CCC1CCC(NC2C3CCCC32)C1. The average molecular weight is 193 g/mol. The highest BCUT2D eigenvalue weighted by Crippen LogP contribution is 2.52. The minimum atomic E-state index is 0.885. The van der Waals surface area contributed by atoms with Crippen LogP contribution < -0.4 is 5.32 Å². The normalized spacial score (nSPS) is 50.8. The molecule has 1 heteroatoms. The van der Waals surface area contributed by atoms with Gasteiger partial charge in [0.05, 0.1) is 0 Å².